The number of methoxy groups -OCH3 is 1. The highest BCUT2D eigenvalue weighted by Crippen LogP contribution is 2.28. The summed E-state index contributed by atoms with van der Waals surface area (Å²) in [5.74, 6) is 0.905. The molecule has 0 spiro atoms. The number of hydrogen-bond donors (Lipinski definition) is 1. The first-order valence-corrected chi connectivity index (χ1v) is 7.01. The minimum Gasteiger partial charge on any atom is -0.493 e. The van der Waals surface area contributed by atoms with E-state index in [0.29, 0.717) is 23.7 Å². The number of hydrogen-bond acceptors (Lipinski definition) is 4. The van der Waals surface area contributed by atoms with Crippen LogP contribution in [0.3, 0.4) is 0 Å². The molecule has 110 valence electrons. The van der Waals surface area contributed by atoms with Crippen molar-refractivity contribution in [3.8, 4) is 11.5 Å². The highest BCUT2D eigenvalue weighted by Gasteiger charge is 2.18. The SMILES string of the molecule is CCOc1ccc(C(=O)NOC2CCCC2)cc1OC. The zero-order valence-electron chi connectivity index (χ0n) is 12.0. The monoisotopic (exact) mass is 279 g/mol. The molecule has 1 aromatic rings. The van der Waals surface area contributed by atoms with Gasteiger partial charge in [-0.15, -0.1) is 0 Å². The van der Waals surface area contributed by atoms with Gasteiger partial charge in [0.05, 0.1) is 19.8 Å². The Bertz CT molecular complexity index is 455. The van der Waals surface area contributed by atoms with E-state index in [4.69, 9.17) is 14.3 Å². The van der Waals surface area contributed by atoms with Gasteiger partial charge >= 0.3 is 0 Å². The molecule has 2 rings (SSSR count). The number of rotatable bonds is 6. The molecule has 20 heavy (non-hydrogen) atoms. The van der Waals surface area contributed by atoms with Gasteiger partial charge in [0.25, 0.3) is 5.91 Å². The van der Waals surface area contributed by atoms with E-state index in [2.05, 4.69) is 5.48 Å². The molecular formula is C15H21NO4. The summed E-state index contributed by atoms with van der Waals surface area (Å²) in [7, 11) is 1.55. The molecular weight excluding hydrogens is 258 g/mol. The van der Waals surface area contributed by atoms with Crippen molar-refractivity contribution in [2.75, 3.05) is 13.7 Å². The predicted molar refractivity (Wildman–Crippen MR) is 75.0 cm³/mol. The molecule has 0 aliphatic heterocycles. The standard InChI is InChI=1S/C15H21NO4/c1-3-19-13-9-8-11(10-14(13)18-2)15(17)16-20-12-6-4-5-7-12/h8-10,12H,3-7H2,1-2H3,(H,16,17). The van der Waals surface area contributed by atoms with Gasteiger partial charge in [-0.25, -0.2) is 5.48 Å². The Morgan fingerprint density at radius 2 is 2.05 bits per heavy atom. The largest absolute Gasteiger partial charge is 0.493 e. The predicted octanol–water partition coefficient (Wildman–Crippen LogP) is 2.70. The molecule has 1 amide bonds. The maximum absolute atomic E-state index is 12.0. The molecule has 5 heteroatoms. The summed E-state index contributed by atoms with van der Waals surface area (Å²) < 4.78 is 10.6. The Kier molecular flexibility index (Phi) is 5.24. The van der Waals surface area contributed by atoms with Gasteiger partial charge in [0.15, 0.2) is 11.5 Å². The van der Waals surface area contributed by atoms with Crippen LogP contribution in [0.25, 0.3) is 0 Å². The first-order chi connectivity index (χ1) is 9.74. The van der Waals surface area contributed by atoms with Crippen molar-refractivity contribution in [2.24, 2.45) is 0 Å². The number of nitrogens with one attached hydrogen (secondary N) is 1. The third-order valence-corrected chi connectivity index (χ3v) is 3.35. The van der Waals surface area contributed by atoms with E-state index in [9.17, 15) is 4.79 Å². The van der Waals surface area contributed by atoms with E-state index < -0.39 is 0 Å². The fourth-order valence-electron chi connectivity index (χ4n) is 2.29. The second-order valence-electron chi connectivity index (χ2n) is 4.75. The minimum atomic E-state index is -0.266. The van der Waals surface area contributed by atoms with Gasteiger partial charge in [-0.3, -0.25) is 9.63 Å². The number of hydroxylamine groups is 1. The number of carbonyl (C=O) groups excluding carboxylic acids is 1. The molecule has 0 aromatic heterocycles. The quantitative estimate of drug-likeness (QED) is 0.813. The van der Waals surface area contributed by atoms with Gasteiger partial charge in [0.2, 0.25) is 0 Å². The maximum Gasteiger partial charge on any atom is 0.274 e. The maximum atomic E-state index is 12.0. The molecule has 0 unspecified atom stereocenters. The summed E-state index contributed by atoms with van der Waals surface area (Å²) in [5, 5.41) is 0. The van der Waals surface area contributed by atoms with Crippen molar-refractivity contribution in [3.05, 3.63) is 23.8 Å². The van der Waals surface area contributed by atoms with Crippen LogP contribution in [0.5, 0.6) is 11.5 Å². The number of carbonyl (C=O) groups is 1. The average molecular weight is 279 g/mol. The molecule has 5 nitrogen and oxygen atoms in total. The van der Waals surface area contributed by atoms with Crippen LogP contribution in [-0.2, 0) is 4.84 Å². The molecule has 1 aliphatic rings. The fraction of sp³-hybridized carbons (Fsp3) is 0.533. The lowest BCUT2D eigenvalue weighted by Crippen LogP contribution is -2.28. The van der Waals surface area contributed by atoms with Gasteiger partial charge in [-0.1, -0.05) is 12.8 Å². The van der Waals surface area contributed by atoms with Crippen LogP contribution in [0.2, 0.25) is 0 Å². The summed E-state index contributed by atoms with van der Waals surface area (Å²) >= 11 is 0. The van der Waals surface area contributed by atoms with Crippen molar-refractivity contribution in [1.29, 1.82) is 0 Å². The third-order valence-electron chi connectivity index (χ3n) is 3.35. The first-order valence-electron chi connectivity index (χ1n) is 7.01. The highest BCUT2D eigenvalue weighted by atomic mass is 16.7. The van der Waals surface area contributed by atoms with Crippen molar-refractivity contribution in [3.63, 3.8) is 0 Å². The molecule has 0 radical (unpaired) electrons. The van der Waals surface area contributed by atoms with Gasteiger partial charge in [-0.2, -0.15) is 0 Å². The van der Waals surface area contributed by atoms with Crippen LogP contribution in [0, 0.1) is 0 Å². The number of benzene rings is 1. The van der Waals surface area contributed by atoms with Gasteiger partial charge in [-0.05, 0) is 38.0 Å². The Morgan fingerprint density at radius 1 is 1.30 bits per heavy atom. The highest BCUT2D eigenvalue weighted by molar-refractivity contribution is 5.94. The van der Waals surface area contributed by atoms with Crippen molar-refractivity contribution in [2.45, 2.75) is 38.7 Å². The molecule has 1 aliphatic carbocycles. The average Bonchev–Trinajstić information content (AvgIpc) is 2.98. The van der Waals surface area contributed by atoms with E-state index >= 15 is 0 Å². The van der Waals surface area contributed by atoms with E-state index in [1.807, 2.05) is 6.92 Å². The smallest absolute Gasteiger partial charge is 0.274 e. The molecule has 1 N–H and O–H groups in total. The lowest BCUT2D eigenvalue weighted by molar-refractivity contribution is -0.0125. The van der Waals surface area contributed by atoms with Crippen LogP contribution < -0.4 is 15.0 Å². The zero-order chi connectivity index (χ0) is 14.4. The second kappa shape index (κ2) is 7.14. The molecule has 0 saturated heterocycles. The Labute approximate surface area is 119 Å². The van der Waals surface area contributed by atoms with Gasteiger partial charge in [0, 0.05) is 5.56 Å². The van der Waals surface area contributed by atoms with E-state index in [-0.39, 0.29) is 12.0 Å². The number of ether oxygens (including phenoxy) is 2. The fourth-order valence-corrected chi connectivity index (χ4v) is 2.29. The molecule has 1 fully saturated rings. The van der Waals surface area contributed by atoms with Crippen molar-refractivity contribution < 1.29 is 19.1 Å². The third kappa shape index (κ3) is 3.63. The van der Waals surface area contributed by atoms with E-state index in [0.717, 1.165) is 25.7 Å². The summed E-state index contributed by atoms with van der Waals surface area (Å²) in [6.07, 6.45) is 4.48. The lowest BCUT2D eigenvalue weighted by atomic mass is 10.2. The van der Waals surface area contributed by atoms with E-state index in [1.165, 1.54) is 0 Å². The van der Waals surface area contributed by atoms with E-state index in [1.54, 1.807) is 25.3 Å². The molecule has 1 aromatic carbocycles. The normalized spacial score (nSPS) is 15.1. The van der Waals surface area contributed by atoms with Gasteiger partial charge < -0.3 is 9.47 Å². The summed E-state index contributed by atoms with van der Waals surface area (Å²) in [6, 6.07) is 5.08. The molecule has 0 bridgehead atoms. The summed E-state index contributed by atoms with van der Waals surface area (Å²) in [4.78, 5) is 17.4. The Morgan fingerprint density at radius 3 is 2.70 bits per heavy atom. The topological polar surface area (TPSA) is 56.8 Å². The Balaban J connectivity index is 1.98. The summed E-state index contributed by atoms with van der Waals surface area (Å²) in [5.41, 5.74) is 3.00. The van der Waals surface area contributed by atoms with Crippen molar-refractivity contribution in [1.82, 2.24) is 5.48 Å². The first kappa shape index (κ1) is 14.7. The minimum absolute atomic E-state index is 0.142. The van der Waals surface area contributed by atoms with Crippen LogP contribution in [0.4, 0.5) is 0 Å². The molecule has 0 atom stereocenters. The van der Waals surface area contributed by atoms with Crippen molar-refractivity contribution >= 4 is 5.91 Å². The van der Waals surface area contributed by atoms with Crippen LogP contribution >= 0.6 is 0 Å². The van der Waals surface area contributed by atoms with Crippen LogP contribution in [-0.4, -0.2) is 25.7 Å². The molecule has 1 saturated carbocycles. The van der Waals surface area contributed by atoms with Crippen LogP contribution in [0.15, 0.2) is 18.2 Å². The second-order valence-corrected chi connectivity index (χ2v) is 4.75. The summed E-state index contributed by atoms with van der Waals surface area (Å²) in [6.45, 7) is 2.45. The van der Waals surface area contributed by atoms with Gasteiger partial charge in [0.1, 0.15) is 0 Å². The molecule has 0 heterocycles. The van der Waals surface area contributed by atoms with Crippen LogP contribution in [0.1, 0.15) is 43.0 Å². The lowest BCUT2D eigenvalue weighted by Gasteiger charge is -2.13. The number of amides is 1. The Hall–Kier alpha value is -1.75. The zero-order valence-corrected chi connectivity index (χ0v) is 12.0.